The van der Waals surface area contributed by atoms with Crippen LogP contribution < -0.4 is 21.5 Å². The van der Waals surface area contributed by atoms with Crippen LogP contribution in [0.1, 0.15) is 0 Å². The first-order valence-corrected chi connectivity index (χ1v) is 6.02. The van der Waals surface area contributed by atoms with Crippen LogP contribution in [0, 0.1) is 0 Å². The van der Waals surface area contributed by atoms with E-state index in [0.717, 1.165) is 21.4 Å². The molecule has 1 aliphatic rings. The van der Waals surface area contributed by atoms with Gasteiger partial charge in [0.2, 0.25) is 0 Å². The van der Waals surface area contributed by atoms with E-state index < -0.39 is 0 Å². The molecule has 1 heterocycles. The molecule has 4 heteroatoms. The molecule has 0 aromatic heterocycles. The second-order valence-corrected chi connectivity index (χ2v) is 5.46. The second-order valence-electron chi connectivity index (χ2n) is 5.46. The molecule has 3 rings (SSSR count). The Hall–Kier alpha value is -1.52. The molecule has 0 spiro atoms. The molecule has 0 amide bonds. The summed E-state index contributed by atoms with van der Waals surface area (Å²) in [6.07, 6.45) is 0. The molecule has 2 aromatic carbocycles. The molecule has 3 nitrogen and oxygen atoms in total. The molecule has 2 aromatic rings. The molecule has 0 unspecified atom stereocenters. The summed E-state index contributed by atoms with van der Waals surface area (Å²) >= 11 is 0. The summed E-state index contributed by atoms with van der Waals surface area (Å²) in [5.74, 6) is 0. The number of rotatable bonds is 2. The van der Waals surface area contributed by atoms with E-state index in [9.17, 15) is 0 Å². The lowest BCUT2D eigenvalue weighted by Gasteiger charge is -2.23. The van der Waals surface area contributed by atoms with E-state index >= 15 is 0 Å². The number of halogens is 1. The van der Waals surface area contributed by atoms with E-state index in [4.69, 9.17) is 0 Å². The topological polar surface area (TPSA) is 24.7 Å². The largest absolute Gasteiger partial charge is 1.00 e. The smallest absolute Gasteiger partial charge is 0.132 e. The molecule has 1 aliphatic heterocycles. The van der Waals surface area contributed by atoms with E-state index in [1.54, 1.807) is 0 Å². The minimum atomic E-state index is 0. The van der Waals surface area contributed by atoms with E-state index in [-0.39, 0.29) is 17.0 Å². The van der Waals surface area contributed by atoms with Gasteiger partial charge in [-0.3, -0.25) is 4.48 Å². The number of hydrogen-bond acceptors (Lipinski definition) is 2. The van der Waals surface area contributed by atoms with Crippen molar-refractivity contribution in [3.8, 4) is 11.1 Å². The van der Waals surface area contributed by atoms with E-state index in [0.29, 0.717) is 0 Å². The van der Waals surface area contributed by atoms with Crippen LogP contribution >= 0.6 is 0 Å². The van der Waals surface area contributed by atoms with Crippen molar-refractivity contribution < 1.29 is 17.0 Å². The first-order chi connectivity index (χ1) is 8.54. The Morgan fingerprint density at radius 2 is 1.53 bits per heavy atom. The van der Waals surface area contributed by atoms with Gasteiger partial charge in [-0.25, -0.2) is 0 Å². The highest BCUT2D eigenvalue weighted by Crippen LogP contribution is 2.39. The highest BCUT2D eigenvalue weighted by Gasteiger charge is 2.14. The number of nitrogens with zero attached hydrogens (tertiary/aromatic N) is 3. The van der Waals surface area contributed by atoms with Gasteiger partial charge < -0.3 is 17.0 Å². The Morgan fingerprint density at radius 3 is 2.16 bits per heavy atom. The maximum absolute atomic E-state index is 4.17. The fourth-order valence-corrected chi connectivity index (χ4v) is 2.11. The Balaban J connectivity index is 0.00000133. The van der Waals surface area contributed by atoms with Gasteiger partial charge in [-0.15, -0.1) is 5.11 Å². The van der Waals surface area contributed by atoms with Gasteiger partial charge >= 0.3 is 0 Å². The van der Waals surface area contributed by atoms with Crippen LogP contribution in [0.25, 0.3) is 11.1 Å². The minimum absolute atomic E-state index is 0. The van der Waals surface area contributed by atoms with Crippen molar-refractivity contribution >= 4 is 17.1 Å². The summed E-state index contributed by atoms with van der Waals surface area (Å²) in [6, 6.07) is 14.7. The van der Waals surface area contributed by atoms with Gasteiger partial charge in [0.25, 0.3) is 0 Å². The molecule has 98 valence electrons. The zero-order valence-electron chi connectivity index (χ0n) is 11.3. The molecule has 0 saturated heterocycles. The Kier molecular flexibility index (Phi) is 3.56. The number of quaternary nitrogens is 1. The van der Waals surface area contributed by atoms with Crippen LogP contribution in [0.4, 0.5) is 17.1 Å². The van der Waals surface area contributed by atoms with Crippen molar-refractivity contribution in [1.82, 2.24) is 4.48 Å². The van der Waals surface area contributed by atoms with Gasteiger partial charge in [-0.05, 0) is 48.0 Å². The van der Waals surface area contributed by atoms with E-state index in [1.165, 1.54) is 11.3 Å². The maximum Gasteiger partial charge on any atom is 0.132 e. The Bertz CT molecular complexity index is 625. The van der Waals surface area contributed by atoms with Gasteiger partial charge in [0.05, 0.1) is 32.5 Å². The van der Waals surface area contributed by atoms with Crippen molar-refractivity contribution in [3.05, 3.63) is 42.5 Å². The lowest BCUT2D eigenvalue weighted by molar-refractivity contribution is -0.00000390. The van der Waals surface area contributed by atoms with Crippen LogP contribution in [-0.2, 0) is 0 Å². The summed E-state index contributed by atoms with van der Waals surface area (Å²) in [5.41, 5.74) is 5.53. The minimum Gasteiger partial charge on any atom is -1.00 e. The molecular weight excluding hydrogens is 302 g/mol. The SMILES string of the molecule is C[N+](C)(C)c1ccc(-c2ccc3cc2N=N3)cc1.[Br-]. The summed E-state index contributed by atoms with van der Waals surface area (Å²) in [7, 11) is 6.49. The van der Waals surface area contributed by atoms with Crippen LogP contribution in [0.5, 0.6) is 0 Å². The number of azo groups is 1. The third-order valence-electron chi connectivity index (χ3n) is 3.21. The van der Waals surface area contributed by atoms with Crippen molar-refractivity contribution in [2.45, 2.75) is 0 Å². The third-order valence-corrected chi connectivity index (χ3v) is 3.21. The average Bonchev–Trinajstić information content (AvgIpc) is 2.71. The number of benzene rings is 2. The molecule has 19 heavy (non-hydrogen) atoms. The molecule has 0 atom stereocenters. The van der Waals surface area contributed by atoms with Gasteiger partial charge in [0, 0.05) is 5.56 Å². The third kappa shape index (κ3) is 2.60. The lowest BCUT2D eigenvalue weighted by Crippen LogP contribution is -3.00. The molecule has 0 aliphatic carbocycles. The molecule has 0 saturated carbocycles. The Labute approximate surface area is 124 Å². The zero-order chi connectivity index (χ0) is 12.8. The summed E-state index contributed by atoms with van der Waals surface area (Å²) in [6.45, 7) is 0. The molecule has 2 bridgehead atoms. The van der Waals surface area contributed by atoms with Gasteiger partial charge in [0.15, 0.2) is 0 Å². The zero-order valence-corrected chi connectivity index (χ0v) is 12.8. The molecular formula is C15H16BrN3. The van der Waals surface area contributed by atoms with Crippen molar-refractivity contribution in [3.63, 3.8) is 0 Å². The first-order valence-electron chi connectivity index (χ1n) is 6.02. The summed E-state index contributed by atoms with van der Waals surface area (Å²) in [5, 5.41) is 8.24. The van der Waals surface area contributed by atoms with Crippen molar-refractivity contribution in [2.75, 3.05) is 21.1 Å². The van der Waals surface area contributed by atoms with E-state index in [2.05, 4.69) is 61.7 Å². The summed E-state index contributed by atoms with van der Waals surface area (Å²) in [4.78, 5) is 0. The van der Waals surface area contributed by atoms with Crippen molar-refractivity contribution in [2.24, 2.45) is 10.2 Å². The van der Waals surface area contributed by atoms with E-state index in [1.807, 2.05) is 12.1 Å². The predicted molar refractivity (Wildman–Crippen MR) is 75.6 cm³/mol. The molecule has 0 fully saturated rings. The fraction of sp³-hybridized carbons (Fsp3) is 0.200. The summed E-state index contributed by atoms with van der Waals surface area (Å²) < 4.78 is 0.825. The number of hydrogen-bond donors (Lipinski definition) is 0. The highest BCUT2D eigenvalue weighted by molar-refractivity contribution is 5.80. The standard InChI is InChI=1S/C15H16N3.BrH/c1-18(2,3)13-7-4-11(5-8-13)14-9-6-12-10-15(14)17-16-12;/h4-10H,1-3H3;1H/q+1;/p-1. The molecule has 0 radical (unpaired) electrons. The lowest BCUT2D eigenvalue weighted by atomic mass is 10.0. The highest BCUT2D eigenvalue weighted by atomic mass is 79.9. The van der Waals surface area contributed by atoms with Crippen molar-refractivity contribution in [1.29, 1.82) is 0 Å². The van der Waals surface area contributed by atoms with Crippen LogP contribution in [-0.4, -0.2) is 21.1 Å². The Morgan fingerprint density at radius 1 is 0.842 bits per heavy atom. The van der Waals surface area contributed by atoms with Crippen LogP contribution in [0.3, 0.4) is 0 Å². The average molecular weight is 318 g/mol. The maximum atomic E-state index is 4.17. The normalized spacial score (nSPS) is 12.4. The van der Waals surface area contributed by atoms with Gasteiger partial charge in [0.1, 0.15) is 5.69 Å². The van der Waals surface area contributed by atoms with Gasteiger partial charge in [-0.1, -0.05) is 0 Å². The quantitative estimate of drug-likeness (QED) is 0.636. The number of fused-ring (bicyclic) bond motifs is 2. The van der Waals surface area contributed by atoms with Gasteiger partial charge in [-0.2, -0.15) is 5.11 Å². The van der Waals surface area contributed by atoms with Crippen LogP contribution in [0.15, 0.2) is 52.7 Å². The monoisotopic (exact) mass is 317 g/mol. The first kappa shape index (κ1) is 13.9. The second kappa shape index (κ2) is 4.87. The fourth-order valence-electron chi connectivity index (χ4n) is 2.11. The predicted octanol–water partition coefficient (Wildman–Crippen LogP) is 1.28. The molecule has 0 N–H and O–H groups in total. The van der Waals surface area contributed by atoms with Crippen LogP contribution in [0.2, 0.25) is 0 Å².